The van der Waals surface area contributed by atoms with E-state index in [0.29, 0.717) is 18.0 Å². The van der Waals surface area contributed by atoms with E-state index in [1.807, 2.05) is 18.5 Å². The Labute approximate surface area is 122 Å². The zero-order chi connectivity index (χ0) is 13.8. The number of pyridine rings is 1. The zero-order valence-corrected chi connectivity index (χ0v) is 12.4. The molecular weight excluding hydrogens is 246 g/mol. The summed E-state index contributed by atoms with van der Waals surface area (Å²) in [4.78, 5) is 6.83. The van der Waals surface area contributed by atoms with Crippen molar-refractivity contribution in [1.82, 2.24) is 9.88 Å². The van der Waals surface area contributed by atoms with Gasteiger partial charge in [0.25, 0.3) is 0 Å². The fraction of sp³-hybridized carbons (Fsp3) is 0.706. The Bertz CT molecular complexity index is 402. The highest BCUT2D eigenvalue weighted by Crippen LogP contribution is 2.45. The Morgan fingerprint density at radius 2 is 1.90 bits per heavy atom. The van der Waals surface area contributed by atoms with Crippen LogP contribution in [0.1, 0.15) is 56.6 Å². The second-order valence-corrected chi connectivity index (χ2v) is 6.63. The first kappa shape index (κ1) is 14.0. The first-order valence-electron chi connectivity index (χ1n) is 8.17. The predicted octanol–water partition coefficient (Wildman–Crippen LogP) is 3.13. The molecule has 2 heterocycles. The van der Waals surface area contributed by atoms with Gasteiger partial charge in [-0.15, -0.1) is 0 Å². The number of hydrogen-bond donors (Lipinski definition) is 1. The monoisotopic (exact) mass is 273 g/mol. The first-order valence-corrected chi connectivity index (χ1v) is 8.17. The molecule has 1 aromatic rings. The number of nitrogens with two attached hydrogens (primary N) is 1. The predicted molar refractivity (Wildman–Crippen MR) is 82.4 cm³/mol. The summed E-state index contributed by atoms with van der Waals surface area (Å²) in [6.45, 7) is 3.10. The lowest BCUT2D eigenvalue weighted by molar-refractivity contribution is 0.0463. The van der Waals surface area contributed by atoms with Gasteiger partial charge in [-0.25, -0.2) is 0 Å². The summed E-state index contributed by atoms with van der Waals surface area (Å²) in [5.41, 5.74) is 7.98. The van der Waals surface area contributed by atoms with Gasteiger partial charge in [0.2, 0.25) is 0 Å². The van der Waals surface area contributed by atoms with E-state index >= 15 is 0 Å². The van der Waals surface area contributed by atoms with Gasteiger partial charge in [-0.3, -0.25) is 9.88 Å². The SMILES string of the molecule is NCC(c1cccnc1)N1CCC2(CCCCC2)CC1. The minimum absolute atomic E-state index is 0.352. The maximum absolute atomic E-state index is 6.04. The number of rotatable bonds is 3. The van der Waals surface area contributed by atoms with Crippen LogP contribution in [0, 0.1) is 5.41 Å². The van der Waals surface area contributed by atoms with Gasteiger partial charge in [-0.05, 0) is 55.8 Å². The van der Waals surface area contributed by atoms with Crippen LogP contribution < -0.4 is 5.73 Å². The number of piperidine rings is 1. The lowest BCUT2D eigenvalue weighted by Gasteiger charge is -2.46. The number of aromatic nitrogens is 1. The molecule has 1 unspecified atom stereocenters. The minimum atomic E-state index is 0.352. The molecule has 0 radical (unpaired) electrons. The molecule has 1 aromatic heterocycles. The number of nitrogens with zero attached hydrogens (tertiary/aromatic N) is 2. The van der Waals surface area contributed by atoms with Gasteiger partial charge < -0.3 is 5.73 Å². The summed E-state index contributed by atoms with van der Waals surface area (Å²) in [7, 11) is 0. The molecule has 3 nitrogen and oxygen atoms in total. The third-order valence-corrected chi connectivity index (χ3v) is 5.51. The van der Waals surface area contributed by atoms with Crippen molar-refractivity contribution in [3.63, 3.8) is 0 Å². The summed E-state index contributed by atoms with van der Waals surface area (Å²) in [6.07, 6.45) is 13.8. The van der Waals surface area contributed by atoms with Crippen molar-refractivity contribution in [2.45, 2.75) is 51.0 Å². The molecule has 1 aliphatic carbocycles. The van der Waals surface area contributed by atoms with E-state index in [4.69, 9.17) is 5.73 Å². The molecule has 3 rings (SSSR count). The molecule has 1 saturated heterocycles. The Morgan fingerprint density at radius 3 is 2.50 bits per heavy atom. The van der Waals surface area contributed by atoms with E-state index in [0.717, 1.165) is 0 Å². The Balaban J connectivity index is 1.64. The van der Waals surface area contributed by atoms with E-state index in [2.05, 4.69) is 16.0 Å². The minimum Gasteiger partial charge on any atom is -0.329 e. The Kier molecular flexibility index (Phi) is 4.37. The van der Waals surface area contributed by atoms with Gasteiger partial charge in [-0.1, -0.05) is 25.3 Å². The van der Waals surface area contributed by atoms with Gasteiger partial charge in [0.15, 0.2) is 0 Å². The fourth-order valence-corrected chi connectivity index (χ4v) is 4.18. The van der Waals surface area contributed by atoms with E-state index < -0.39 is 0 Å². The smallest absolute Gasteiger partial charge is 0.0485 e. The first-order chi connectivity index (χ1) is 9.83. The molecule has 20 heavy (non-hydrogen) atoms. The normalized spacial score (nSPS) is 24.6. The summed E-state index contributed by atoms with van der Waals surface area (Å²) in [5.74, 6) is 0. The number of likely N-dealkylation sites (tertiary alicyclic amines) is 1. The molecule has 1 aliphatic heterocycles. The van der Waals surface area contributed by atoms with Crippen LogP contribution >= 0.6 is 0 Å². The van der Waals surface area contributed by atoms with E-state index in [1.54, 1.807) is 0 Å². The van der Waals surface area contributed by atoms with Crippen LogP contribution in [0.25, 0.3) is 0 Å². The van der Waals surface area contributed by atoms with Gasteiger partial charge in [0, 0.05) is 25.0 Å². The second-order valence-electron chi connectivity index (χ2n) is 6.63. The molecule has 2 N–H and O–H groups in total. The van der Waals surface area contributed by atoms with E-state index in [9.17, 15) is 0 Å². The molecule has 1 spiro atoms. The van der Waals surface area contributed by atoms with Crippen molar-refractivity contribution < 1.29 is 0 Å². The van der Waals surface area contributed by atoms with Gasteiger partial charge >= 0.3 is 0 Å². The highest BCUT2D eigenvalue weighted by atomic mass is 15.2. The van der Waals surface area contributed by atoms with Crippen LogP contribution in [0.15, 0.2) is 24.5 Å². The van der Waals surface area contributed by atoms with Crippen LogP contribution in [0.2, 0.25) is 0 Å². The molecule has 0 bridgehead atoms. The highest BCUT2D eigenvalue weighted by Gasteiger charge is 2.37. The van der Waals surface area contributed by atoms with E-state index in [1.165, 1.54) is 63.6 Å². The third kappa shape index (κ3) is 2.89. The molecule has 0 amide bonds. The van der Waals surface area contributed by atoms with Crippen molar-refractivity contribution in [3.05, 3.63) is 30.1 Å². The topological polar surface area (TPSA) is 42.1 Å². The van der Waals surface area contributed by atoms with Gasteiger partial charge in [0.1, 0.15) is 0 Å². The van der Waals surface area contributed by atoms with Crippen molar-refractivity contribution >= 4 is 0 Å². The van der Waals surface area contributed by atoms with Gasteiger partial charge in [0.05, 0.1) is 0 Å². The molecule has 2 fully saturated rings. The van der Waals surface area contributed by atoms with Crippen LogP contribution in [0.4, 0.5) is 0 Å². The average molecular weight is 273 g/mol. The van der Waals surface area contributed by atoms with E-state index in [-0.39, 0.29) is 0 Å². The standard InChI is InChI=1S/C17H27N3/c18-13-16(15-5-4-10-19-14-15)20-11-8-17(9-12-20)6-2-1-3-7-17/h4-5,10,14,16H,1-3,6-9,11-13,18H2. The quantitative estimate of drug-likeness (QED) is 0.920. The lowest BCUT2D eigenvalue weighted by Crippen LogP contribution is -2.44. The summed E-state index contributed by atoms with van der Waals surface area (Å²) in [6, 6.07) is 4.53. The molecule has 1 atom stereocenters. The molecular formula is C17H27N3. The molecule has 1 saturated carbocycles. The van der Waals surface area contributed by atoms with Crippen molar-refractivity contribution in [3.8, 4) is 0 Å². The molecule has 3 heteroatoms. The third-order valence-electron chi connectivity index (χ3n) is 5.51. The molecule has 0 aromatic carbocycles. The fourth-order valence-electron chi connectivity index (χ4n) is 4.18. The van der Waals surface area contributed by atoms with Crippen molar-refractivity contribution in [2.24, 2.45) is 11.1 Å². The van der Waals surface area contributed by atoms with Crippen LogP contribution in [-0.2, 0) is 0 Å². The average Bonchev–Trinajstić information content (AvgIpc) is 2.52. The maximum atomic E-state index is 6.04. The second kappa shape index (κ2) is 6.23. The van der Waals surface area contributed by atoms with Crippen LogP contribution in [0.5, 0.6) is 0 Å². The maximum Gasteiger partial charge on any atom is 0.0485 e. The lowest BCUT2D eigenvalue weighted by atomic mass is 9.68. The zero-order valence-electron chi connectivity index (χ0n) is 12.4. The Hall–Kier alpha value is -0.930. The van der Waals surface area contributed by atoms with Crippen molar-refractivity contribution in [2.75, 3.05) is 19.6 Å². The van der Waals surface area contributed by atoms with Gasteiger partial charge in [-0.2, -0.15) is 0 Å². The highest BCUT2D eigenvalue weighted by molar-refractivity contribution is 5.15. The molecule has 2 aliphatic rings. The summed E-state index contributed by atoms with van der Waals surface area (Å²) in [5, 5.41) is 0. The van der Waals surface area contributed by atoms with Crippen molar-refractivity contribution in [1.29, 1.82) is 0 Å². The largest absolute Gasteiger partial charge is 0.329 e. The summed E-state index contributed by atoms with van der Waals surface area (Å²) >= 11 is 0. The number of hydrogen-bond acceptors (Lipinski definition) is 3. The molecule has 110 valence electrons. The summed E-state index contributed by atoms with van der Waals surface area (Å²) < 4.78 is 0. The van der Waals surface area contributed by atoms with Crippen LogP contribution in [0.3, 0.4) is 0 Å². The van der Waals surface area contributed by atoms with Crippen LogP contribution in [-0.4, -0.2) is 29.5 Å². The Morgan fingerprint density at radius 1 is 1.15 bits per heavy atom.